The van der Waals surface area contributed by atoms with Crippen LogP contribution in [0.15, 0.2) is 48.8 Å². The third-order valence-corrected chi connectivity index (χ3v) is 4.66. The van der Waals surface area contributed by atoms with Gasteiger partial charge in [0.25, 0.3) is 5.91 Å². The van der Waals surface area contributed by atoms with Crippen molar-refractivity contribution in [2.75, 3.05) is 18.4 Å². The Labute approximate surface area is 162 Å². The van der Waals surface area contributed by atoms with Crippen molar-refractivity contribution in [3.8, 4) is 11.6 Å². The number of carbonyl (C=O) groups is 1. The van der Waals surface area contributed by atoms with Crippen LogP contribution in [0.25, 0.3) is 0 Å². The molecular weight excluding hydrogens is 356 g/mol. The number of aryl methyl sites for hydroxylation is 1. The maximum Gasteiger partial charge on any atom is 0.277 e. The van der Waals surface area contributed by atoms with E-state index in [1.165, 1.54) is 0 Å². The number of piperidine rings is 1. The van der Waals surface area contributed by atoms with Gasteiger partial charge in [-0.3, -0.25) is 4.79 Å². The van der Waals surface area contributed by atoms with Crippen LogP contribution in [-0.4, -0.2) is 39.0 Å². The van der Waals surface area contributed by atoms with Crippen molar-refractivity contribution in [1.29, 1.82) is 0 Å². The Balaban J connectivity index is 1.36. The summed E-state index contributed by atoms with van der Waals surface area (Å²) < 4.78 is 7.48. The molecule has 1 aliphatic rings. The summed E-state index contributed by atoms with van der Waals surface area (Å²) in [6.45, 7) is 3.92. The first kappa shape index (κ1) is 18.1. The minimum Gasteiger partial charge on any atom is -0.439 e. The lowest BCUT2D eigenvalue weighted by molar-refractivity contribution is 0.102. The Bertz CT molecular complexity index is 930. The first-order valence-corrected chi connectivity index (χ1v) is 9.32. The predicted molar refractivity (Wildman–Crippen MR) is 105 cm³/mol. The van der Waals surface area contributed by atoms with Crippen LogP contribution in [0, 0.1) is 6.92 Å². The van der Waals surface area contributed by atoms with Crippen LogP contribution in [0.1, 0.15) is 34.9 Å². The molecule has 0 radical (unpaired) electrons. The molecule has 3 aromatic rings. The fraction of sp³-hybridized carbons (Fsp3) is 0.300. The lowest BCUT2D eigenvalue weighted by atomic mass is 10.1. The van der Waals surface area contributed by atoms with E-state index in [2.05, 4.69) is 25.9 Å². The van der Waals surface area contributed by atoms with Crippen LogP contribution >= 0.6 is 0 Å². The van der Waals surface area contributed by atoms with Crippen LogP contribution < -0.4 is 15.4 Å². The third kappa shape index (κ3) is 4.34. The van der Waals surface area contributed by atoms with E-state index in [0.717, 1.165) is 31.5 Å². The van der Waals surface area contributed by atoms with Crippen molar-refractivity contribution < 1.29 is 9.53 Å². The average Bonchev–Trinajstić information content (AvgIpc) is 3.22. The maximum atomic E-state index is 12.4. The van der Waals surface area contributed by atoms with Crippen LogP contribution in [0.4, 0.5) is 5.69 Å². The molecule has 4 rings (SSSR count). The topological polar surface area (TPSA) is 94.0 Å². The lowest BCUT2D eigenvalue weighted by Crippen LogP contribution is -2.29. The molecule has 0 atom stereocenters. The second-order valence-corrected chi connectivity index (χ2v) is 6.82. The van der Waals surface area contributed by atoms with E-state index in [1.807, 2.05) is 31.2 Å². The highest BCUT2D eigenvalue weighted by Gasteiger charge is 2.18. The van der Waals surface area contributed by atoms with E-state index >= 15 is 0 Å². The molecule has 1 fully saturated rings. The number of benzene rings is 1. The number of anilines is 1. The molecule has 28 heavy (non-hydrogen) atoms. The van der Waals surface area contributed by atoms with Gasteiger partial charge in [-0.1, -0.05) is 22.9 Å². The predicted octanol–water partition coefficient (Wildman–Crippen LogP) is 2.95. The van der Waals surface area contributed by atoms with Gasteiger partial charge in [0.05, 0.1) is 24.1 Å². The summed E-state index contributed by atoms with van der Waals surface area (Å²) >= 11 is 0. The first-order valence-electron chi connectivity index (χ1n) is 9.32. The zero-order valence-electron chi connectivity index (χ0n) is 15.6. The zero-order valence-corrected chi connectivity index (χ0v) is 15.6. The number of aromatic nitrogens is 4. The van der Waals surface area contributed by atoms with Gasteiger partial charge in [-0.15, -0.1) is 5.10 Å². The zero-order chi connectivity index (χ0) is 19.3. The second kappa shape index (κ2) is 8.18. The van der Waals surface area contributed by atoms with Gasteiger partial charge in [0.2, 0.25) is 5.88 Å². The standard InChI is InChI=1S/C20H22N6O2/c1-14-2-5-17(6-3-14)28-19-7-4-15(12-22-19)23-20(27)18-13-26(25-24-18)16-8-10-21-11-9-16/h2-7,12-13,16,21H,8-11H2,1H3,(H,23,27). The molecule has 2 N–H and O–H groups in total. The number of hydrogen-bond acceptors (Lipinski definition) is 6. The fourth-order valence-corrected chi connectivity index (χ4v) is 3.07. The van der Waals surface area contributed by atoms with Gasteiger partial charge in [-0.25, -0.2) is 9.67 Å². The maximum absolute atomic E-state index is 12.4. The van der Waals surface area contributed by atoms with Crippen molar-refractivity contribution in [3.63, 3.8) is 0 Å². The summed E-state index contributed by atoms with van der Waals surface area (Å²) in [5.74, 6) is 0.859. The Morgan fingerprint density at radius 1 is 1.18 bits per heavy atom. The number of pyridine rings is 1. The SMILES string of the molecule is Cc1ccc(Oc2ccc(NC(=O)c3cn(C4CCNCC4)nn3)cn2)cc1. The Kier molecular flexibility index (Phi) is 5.29. The number of carbonyl (C=O) groups excluding carboxylic acids is 1. The molecule has 1 amide bonds. The van der Waals surface area contributed by atoms with Crippen molar-refractivity contribution in [3.05, 3.63) is 60.0 Å². The van der Waals surface area contributed by atoms with Crippen LogP contribution in [0.5, 0.6) is 11.6 Å². The van der Waals surface area contributed by atoms with Crippen LogP contribution in [-0.2, 0) is 0 Å². The molecule has 0 saturated carbocycles. The molecule has 1 aliphatic heterocycles. The van der Waals surface area contributed by atoms with E-state index in [9.17, 15) is 4.79 Å². The van der Waals surface area contributed by atoms with E-state index in [4.69, 9.17) is 4.74 Å². The highest BCUT2D eigenvalue weighted by Crippen LogP contribution is 2.21. The summed E-state index contributed by atoms with van der Waals surface area (Å²) in [5, 5.41) is 14.2. The Hall–Kier alpha value is -3.26. The Morgan fingerprint density at radius 2 is 1.96 bits per heavy atom. The molecule has 8 nitrogen and oxygen atoms in total. The van der Waals surface area contributed by atoms with Crippen LogP contribution in [0.3, 0.4) is 0 Å². The van der Waals surface area contributed by atoms with Crippen LogP contribution in [0.2, 0.25) is 0 Å². The average molecular weight is 378 g/mol. The van der Waals surface area contributed by atoms with Crippen molar-refractivity contribution in [1.82, 2.24) is 25.3 Å². The summed E-state index contributed by atoms with van der Waals surface area (Å²) in [5.41, 5.74) is 2.02. The molecule has 0 bridgehead atoms. The first-order chi connectivity index (χ1) is 13.7. The molecule has 0 unspecified atom stereocenters. The summed E-state index contributed by atoms with van der Waals surface area (Å²) in [7, 11) is 0. The van der Waals surface area contributed by atoms with E-state index in [-0.39, 0.29) is 11.9 Å². The highest BCUT2D eigenvalue weighted by atomic mass is 16.5. The quantitative estimate of drug-likeness (QED) is 0.709. The summed E-state index contributed by atoms with van der Waals surface area (Å²) in [6.07, 6.45) is 5.22. The number of ether oxygens (including phenoxy) is 1. The van der Waals surface area contributed by atoms with Gasteiger partial charge < -0.3 is 15.4 Å². The summed E-state index contributed by atoms with van der Waals surface area (Å²) in [4.78, 5) is 16.7. The van der Waals surface area contributed by atoms with Gasteiger partial charge in [-0.05, 0) is 51.1 Å². The molecule has 1 saturated heterocycles. The van der Waals surface area contributed by atoms with Gasteiger partial charge in [0.1, 0.15) is 5.75 Å². The minimum absolute atomic E-state index is 0.287. The molecular formula is C20H22N6O2. The minimum atomic E-state index is -0.311. The van der Waals surface area contributed by atoms with Gasteiger partial charge in [0, 0.05) is 6.07 Å². The largest absolute Gasteiger partial charge is 0.439 e. The van der Waals surface area contributed by atoms with E-state index in [1.54, 1.807) is 29.2 Å². The smallest absolute Gasteiger partial charge is 0.277 e. The number of amides is 1. The lowest BCUT2D eigenvalue weighted by Gasteiger charge is -2.22. The molecule has 0 aliphatic carbocycles. The molecule has 3 heterocycles. The fourth-order valence-electron chi connectivity index (χ4n) is 3.07. The van der Waals surface area contributed by atoms with Crippen molar-refractivity contribution in [2.45, 2.75) is 25.8 Å². The molecule has 2 aromatic heterocycles. The van der Waals surface area contributed by atoms with Crippen molar-refractivity contribution in [2.24, 2.45) is 0 Å². The Morgan fingerprint density at radius 3 is 2.68 bits per heavy atom. The molecule has 8 heteroatoms. The monoisotopic (exact) mass is 378 g/mol. The third-order valence-electron chi connectivity index (χ3n) is 4.66. The van der Waals surface area contributed by atoms with E-state index in [0.29, 0.717) is 23.0 Å². The van der Waals surface area contributed by atoms with Gasteiger partial charge in [0.15, 0.2) is 5.69 Å². The van der Waals surface area contributed by atoms with E-state index < -0.39 is 0 Å². The molecule has 0 spiro atoms. The van der Waals surface area contributed by atoms with Gasteiger partial charge in [-0.2, -0.15) is 0 Å². The molecule has 1 aromatic carbocycles. The number of nitrogens with zero attached hydrogens (tertiary/aromatic N) is 4. The molecule has 144 valence electrons. The number of rotatable bonds is 5. The second-order valence-electron chi connectivity index (χ2n) is 6.82. The van der Waals surface area contributed by atoms with Gasteiger partial charge >= 0.3 is 0 Å². The number of nitrogens with one attached hydrogen (secondary N) is 2. The van der Waals surface area contributed by atoms with Crippen molar-refractivity contribution >= 4 is 11.6 Å². The highest BCUT2D eigenvalue weighted by molar-refractivity contribution is 6.02. The normalized spacial score (nSPS) is 14.6. The number of hydrogen-bond donors (Lipinski definition) is 2. The summed E-state index contributed by atoms with van der Waals surface area (Å²) in [6, 6.07) is 11.5.